The average molecular weight is 242 g/mol. The molecular formula is C12H22N2O3. The first-order valence-corrected chi connectivity index (χ1v) is 6.48. The normalized spacial score (nSPS) is 35.2. The predicted octanol–water partition coefficient (Wildman–Crippen LogP) is 0.0339. The molecule has 0 spiro atoms. The second kappa shape index (κ2) is 5.80. The number of hydrogen-bond donors (Lipinski definition) is 2. The van der Waals surface area contributed by atoms with Gasteiger partial charge in [-0.25, -0.2) is 0 Å². The summed E-state index contributed by atoms with van der Waals surface area (Å²) < 4.78 is 10.8. The molecule has 17 heavy (non-hydrogen) atoms. The Hall–Kier alpha value is -0.650. The van der Waals surface area contributed by atoms with Gasteiger partial charge < -0.3 is 20.5 Å². The van der Waals surface area contributed by atoms with Crippen molar-refractivity contribution in [3.63, 3.8) is 0 Å². The van der Waals surface area contributed by atoms with E-state index < -0.39 is 0 Å². The summed E-state index contributed by atoms with van der Waals surface area (Å²) in [6.07, 6.45) is 2.55. The van der Waals surface area contributed by atoms with Gasteiger partial charge in [-0.15, -0.1) is 0 Å². The molecule has 98 valence electrons. The molecule has 1 heterocycles. The van der Waals surface area contributed by atoms with Crippen LogP contribution in [0.5, 0.6) is 0 Å². The van der Waals surface area contributed by atoms with Gasteiger partial charge in [0.15, 0.2) is 0 Å². The van der Waals surface area contributed by atoms with Gasteiger partial charge in [0.1, 0.15) is 0 Å². The Morgan fingerprint density at radius 1 is 1.53 bits per heavy atom. The van der Waals surface area contributed by atoms with Crippen molar-refractivity contribution in [2.75, 3.05) is 19.8 Å². The summed E-state index contributed by atoms with van der Waals surface area (Å²) in [5.41, 5.74) is 6.01. The maximum absolute atomic E-state index is 11.6. The van der Waals surface area contributed by atoms with Gasteiger partial charge in [0.2, 0.25) is 5.91 Å². The monoisotopic (exact) mass is 242 g/mol. The molecule has 1 aliphatic heterocycles. The minimum atomic E-state index is 0.00109. The fraction of sp³-hybridized carbons (Fsp3) is 0.917. The fourth-order valence-electron chi connectivity index (χ4n) is 2.60. The fourth-order valence-corrected chi connectivity index (χ4v) is 2.60. The molecular weight excluding hydrogens is 220 g/mol. The number of carbonyl (C=O) groups excluding carboxylic acids is 1. The van der Waals surface area contributed by atoms with Crippen molar-refractivity contribution in [2.45, 2.75) is 44.4 Å². The minimum absolute atomic E-state index is 0.00109. The Bertz CT molecular complexity index is 272. The van der Waals surface area contributed by atoms with Crippen LogP contribution >= 0.6 is 0 Å². The third-order valence-electron chi connectivity index (χ3n) is 3.60. The highest BCUT2D eigenvalue weighted by atomic mass is 16.5. The molecule has 0 aromatic carbocycles. The third-order valence-corrected chi connectivity index (χ3v) is 3.60. The molecule has 0 bridgehead atoms. The van der Waals surface area contributed by atoms with E-state index in [1.807, 2.05) is 6.92 Å². The standard InChI is InChI=1S/C12H22N2O3/c1-2-5-16-6-4-9(15)14-11-10(13)8-3-7-17-12(8)11/h8,10-12H,2-7,13H2,1H3,(H,14,15). The maximum Gasteiger partial charge on any atom is 0.222 e. The Balaban J connectivity index is 1.65. The van der Waals surface area contributed by atoms with E-state index in [2.05, 4.69) is 5.32 Å². The zero-order chi connectivity index (χ0) is 12.3. The summed E-state index contributed by atoms with van der Waals surface area (Å²) in [6, 6.07) is 0.0594. The molecule has 1 aliphatic carbocycles. The lowest BCUT2D eigenvalue weighted by Crippen LogP contribution is -2.69. The van der Waals surface area contributed by atoms with Gasteiger partial charge in [0.05, 0.1) is 18.8 Å². The van der Waals surface area contributed by atoms with Crippen LogP contribution in [-0.2, 0) is 14.3 Å². The van der Waals surface area contributed by atoms with Crippen LogP contribution < -0.4 is 11.1 Å². The van der Waals surface area contributed by atoms with Gasteiger partial charge in [-0.3, -0.25) is 4.79 Å². The SMILES string of the molecule is CCCOCCC(=O)NC1C(N)C2CCOC21. The second-order valence-electron chi connectivity index (χ2n) is 4.82. The molecule has 2 aliphatic rings. The van der Waals surface area contributed by atoms with Crippen LogP contribution in [0.25, 0.3) is 0 Å². The van der Waals surface area contributed by atoms with Crippen LogP contribution in [0.1, 0.15) is 26.2 Å². The highest BCUT2D eigenvalue weighted by molar-refractivity contribution is 5.76. The van der Waals surface area contributed by atoms with Gasteiger partial charge in [0.25, 0.3) is 0 Å². The molecule has 1 saturated carbocycles. The Morgan fingerprint density at radius 2 is 2.35 bits per heavy atom. The summed E-state index contributed by atoms with van der Waals surface area (Å²) >= 11 is 0. The van der Waals surface area contributed by atoms with Crippen LogP contribution in [0, 0.1) is 5.92 Å². The lowest BCUT2D eigenvalue weighted by Gasteiger charge is -2.45. The molecule has 3 N–H and O–H groups in total. The summed E-state index contributed by atoms with van der Waals surface area (Å²) in [7, 11) is 0. The number of rotatable bonds is 6. The molecule has 2 rings (SSSR count). The van der Waals surface area contributed by atoms with Crippen molar-refractivity contribution in [1.29, 1.82) is 0 Å². The van der Waals surface area contributed by atoms with Gasteiger partial charge >= 0.3 is 0 Å². The number of amides is 1. The van der Waals surface area contributed by atoms with Crippen LogP contribution in [-0.4, -0.2) is 43.9 Å². The van der Waals surface area contributed by atoms with Crippen molar-refractivity contribution >= 4 is 5.91 Å². The topological polar surface area (TPSA) is 73.6 Å². The van der Waals surface area contributed by atoms with E-state index in [0.29, 0.717) is 25.6 Å². The van der Waals surface area contributed by atoms with Crippen LogP contribution in [0.3, 0.4) is 0 Å². The Morgan fingerprint density at radius 3 is 3.12 bits per heavy atom. The molecule has 1 amide bonds. The summed E-state index contributed by atoms with van der Waals surface area (Å²) in [4.78, 5) is 11.6. The lowest BCUT2D eigenvalue weighted by molar-refractivity contribution is -0.126. The quantitative estimate of drug-likeness (QED) is 0.645. The van der Waals surface area contributed by atoms with Crippen molar-refractivity contribution < 1.29 is 14.3 Å². The van der Waals surface area contributed by atoms with Gasteiger partial charge in [-0.1, -0.05) is 6.92 Å². The molecule has 1 saturated heterocycles. The first kappa shape index (κ1) is 12.8. The predicted molar refractivity (Wildman–Crippen MR) is 63.5 cm³/mol. The highest BCUT2D eigenvalue weighted by Crippen LogP contribution is 2.37. The minimum Gasteiger partial charge on any atom is -0.381 e. The number of ether oxygens (including phenoxy) is 2. The lowest BCUT2D eigenvalue weighted by atomic mass is 9.72. The molecule has 0 aromatic rings. The van der Waals surface area contributed by atoms with Crippen LogP contribution in [0.4, 0.5) is 0 Å². The van der Waals surface area contributed by atoms with Crippen LogP contribution in [0.2, 0.25) is 0 Å². The van der Waals surface area contributed by atoms with E-state index in [1.165, 1.54) is 0 Å². The molecule has 4 atom stereocenters. The van der Waals surface area contributed by atoms with Crippen molar-refractivity contribution in [2.24, 2.45) is 11.7 Å². The van der Waals surface area contributed by atoms with Crippen molar-refractivity contribution in [3.05, 3.63) is 0 Å². The third kappa shape index (κ3) is 2.78. The molecule has 4 unspecified atom stereocenters. The average Bonchev–Trinajstić information content (AvgIpc) is 2.76. The molecule has 0 aromatic heterocycles. The highest BCUT2D eigenvalue weighted by Gasteiger charge is 2.52. The van der Waals surface area contributed by atoms with E-state index in [9.17, 15) is 4.79 Å². The van der Waals surface area contributed by atoms with E-state index in [4.69, 9.17) is 15.2 Å². The van der Waals surface area contributed by atoms with E-state index in [1.54, 1.807) is 0 Å². The molecule has 2 fully saturated rings. The largest absolute Gasteiger partial charge is 0.381 e. The number of nitrogens with two attached hydrogens (primary N) is 1. The smallest absolute Gasteiger partial charge is 0.222 e. The zero-order valence-electron chi connectivity index (χ0n) is 10.4. The first-order valence-electron chi connectivity index (χ1n) is 6.48. The number of hydrogen-bond acceptors (Lipinski definition) is 4. The first-order chi connectivity index (χ1) is 8.24. The Kier molecular flexibility index (Phi) is 4.36. The van der Waals surface area contributed by atoms with Gasteiger partial charge in [-0.05, 0) is 12.8 Å². The van der Waals surface area contributed by atoms with Crippen molar-refractivity contribution in [3.8, 4) is 0 Å². The van der Waals surface area contributed by atoms with Gasteiger partial charge in [-0.2, -0.15) is 0 Å². The van der Waals surface area contributed by atoms with Crippen molar-refractivity contribution in [1.82, 2.24) is 5.32 Å². The number of nitrogens with one attached hydrogen (secondary N) is 1. The van der Waals surface area contributed by atoms with Gasteiger partial charge in [0, 0.05) is 31.6 Å². The maximum atomic E-state index is 11.6. The summed E-state index contributed by atoms with van der Waals surface area (Å²) in [5, 5.41) is 2.95. The summed E-state index contributed by atoms with van der Waals surface area (Å²) in [5.74, 6) is 0.451. The van der Waals surface area contributed by atoms with E-state index >= 15 is 0 Å². The zero-order valence-corrected chi connectivity index (χ0v) is 10.4. The van der Waals surface area contributed by atoms with E-state index in [-0.39, 0.29) is 24.1 Å². The van der Waals surface area contributed by atoms with Crippen LogP contribution in [0.15, 0.2) is 0 Å². The molecule has 5 nitrogen and oxygen atoms in total. The van der Waals surface area contributed by atoms with E-state index in [0.717, 1.165) is 19.4 Å². The summed E-state index contributed by atoms with van der Waals surface area (Å²) in [6.45, 7) is 4.01. The number of carbonyl (C=O) groups is 1. The second-order valence-corrected chi connectivity index (χ2v) is 4.82. The number of fused-ring (bicyclic) bond motifs is 1. The Labute approximate surface area is 102 Å². The molecule has 0 radical (unpaired) electrons. The molecule has 5 heteroatoms.